The lowest BCUT2D eigenvalue weighted by Crippen LogP contribution is -2.19. The monoisotopic (exact) mass is 346 g/mol. The third kappa shape index (κ3) is 2.93. The first kappa shape index (κ1) is 15.6. The van der Waals surface area contributed by atoms with Gasteiger partial charge in [0.25, 0.3) is 5.69 Å². The van der Waals surface area contributed by atoms with E-state index in [1.54, 1.807) is 12.1 Å². The van der Waals surface area contributed by atoms with E-state index in [2.05, 4.69) is 15.6 Å². The second-order valence-corrected chi connectivity index (χ2v) is 5.82. The molecule has 128 valence electrons. The maximum atomic E-state index is 12.2. The molecule has 4 rings (SSSR count). The van der Waals surface area contributed by atoms with Crippen LogP contribution in [0.4, 0.5) is 21.9 Å². The van der Waals surface area contributed by atoms with Gasteiger partial charge in [-0.25, -0.2) is 4.79 Å². The maximum Gasteiger partial charge on any atom is 0.323 e. The largest absolute Gasteiger partial charge is 0.355 e. The summed E-state index contributed by atoms with van der Waals surface area (Å²) in [6, 6.07) is 18.8. The molecular weight excluding hydrogens is 332 g/mol. The molecule has 0 spiro atoms. The molecule has 0 aliphatic carbocycles. The fraction of sp³-hybridized carbons (Fsp3) is 0. The summed E-state index contributed by atoms with van der Waals surface area (Å²) in [5.41, 5.74) is 2.91. The van der Waals surface area contributed by atoms with Crippen LogP contribution in [0.2, 0.25) is 0 Å². The summed E-state index contributed by atoms with van der Waals surface area (Å²) in [6.07, 6.45) is 0. The number of anilines is 2. The molecule has 7 nitrogen and oxygen atoms in total. The van der Waals surface area contributed by atoms with Crippen LogP contribution in [-0.2, 0) is 0 Å². The Morgan fingerprint density at radius 2 is 1.58 bits per heavy atom. The number of nitro groups is 1. The Hall–Kier alpha value is -3.87. The van der Waals surface area contributed by atoms with Gasteiger partial charge in [-0.15, -0.1) is 0 Å². The van der Waals surface area contributed by atoms with E-state index in [0.29, 0.717) is 11.4 Å². The molecule has 3 N–H and O–H groups in total. The Bertz CT molecular complexity index is 1150. The summed E-state index contributed by atoms with van der Waals surface area (Å²) >= 11 is 0. The van der Waals surface area contributed by atoms with E-state index >= 15 is 0 Å². The number of fused-ring (bicyclic) bond motifs is 3. The van der Waals surface area contributed by atoms with Gasteiger partial charge in [0.1, 0.15) is 0 Å². The first-order valence-corrected chi connectivity index (χ1v) is 7.93. The highest BCUT2D eigenvalue weighted by atomic mass is 16.6. The first-order chi connectivity index (χ1) is 12.6. The molecule has 0 unspecified atom stereocenters. The number of H-pyrrole nitrogens is 1. The zero-order valence-electron chi connectivity index (χ0n) is 13.5. The number of carbonyl (C=O) groups is 1. The van der Waals surface area contributed by atoms with Crippen molar-refractivity contribution in [2.24, 2.45) is 0 Å². The zero-order valence-corrected chi connectivity index (χ0v) is 13.5. The van der Waals surface area contributed by atoms with Crippen LogP contribution in [0, 0.1) is 10.1 Å². The number of amides is 2. The highest BCUT2D eigenvalue weighted by molar-refractivity contribution is 6.09. The number of rotatable bonds is 3. The number of nitrogens with zero attached hydrogens (tertiary/aromatic N) is 1. The van der Waals surface area contributed by atoms with Crippen LogP contribution in [0.5, 0.6) is 0 Å². The van der Waals surface area contributed by atoms with Gasteiger partial charge in [0.2, 0.25) is 0 Å². The van der Waals surface area contributed by atoms with Gasteiger partial charge in [-0.05, 0) is 30.3 Å². The molecule has 0 saturated heterocycles. The van der Waals surface area contributed by atoms with Crippen LogP contribution in [0.1, 0.15) is 0 Å². The molecule has 0 radical (unpaired) electrons. The van der Waals surface area contributed by atoms with Gasteiger partial charge in [-0.3, -0.25) is 10.1 Å². The molecule has 1 aromatic heterocycles. The Morgan fingerprint density at radius 3 is 2.38 bits per heavy atom. The van der Waals surface area contributed by atoms with Gasteiger partial charge in [0, 0.05) is 45.3 Å². The highest BCUT2D eigenvalue weighted by Gasteiger charge is 2.09. The zero-order chi connectivity index (χ0) is 18.1. The number of hydrogen-bond donors (Lipinski definition) is 3. The topological polar surface area (TPSA) is 100 Å². The number of nitrogens with one attached hydrogen (secondary N) is 3. The number of aromatic amines is 1. The molecule has 26 heavy (non-hydrogen) atoms. The average molecular weight is 346 g/mol. The normalized spacial score (nSPS) is 10.8. The van der Waals surface area contributed by atoms with E-state index in [4.69, 9.17) is 0 Å². The standard InChI is InChI=1S/C19H14N4O3/c24-19(20-12-4-3-5-14(10-12)23(25)26)21-13-8-9-18-16(11-13)15-6-1-2-7-17(15)22-18/h1-11,22H,(H2,20,21,24). The number of urea groups is 1. The molecule has 0 atom stereocenters. The minimum atomic E-state index is -0.506. The molecule has 0 bridgehead atoms. The Labute approximate surface area is 147 Å². The van der Waals surface area contributed by atoms with E-state index in [1.165, 1.54) is 18.2 Å². The molecule has 0 fully saturated rings. The van der Waals surface area contributed by atoms with Crippen molar-refractivity contribution in [2.75, 3.05) is 10.6 Å². The van der Waals surface area contributed by atoms with Crippen LogP contribution < -0.4 is 10.6 Å². The molecule has 0 aliphatic heterocycles. The smallest absolute Gasteiger partial charge is 0.323 e. The van der Waals surface area contributed by atoms with Crippen molar-refractivity contribution in [1.29, 1.82) is 0 Å². The van der Waals surface area contributed by atoms with E-state index in [-0.39, 0.29) is 5.69 Å². The Balaban J connectivity index is 1.56. The fourth-order valence-electron chi connectivity index (χ4n) is 2.92. The molecular formula is C19H14N4O3. The number of nitro benzene ring substituents is 1. The van der Waals surface area contributed by atoms with Crippen molar-refractivity contribution in [3.05, 3.63) is 76.8 Å². The summed E-state index contributed by atoms with van der Waals surface area (Å²) in [6.45, 7) is 0. The number of hydrogen-bond acceptors (Lipinski definition) is 3. The van der Waals surface area contributed by atoms with Gasteiger partial charge >= 0.3 is 6.03 Å². The number of aromatic nitrogens is 1. The molecule has 4 aromatic rings. The minimum Gasteiger partial charge on any atom is -0.355 e. The number of para-hydroxylation sites is 1. The third-order valence-corrected chi connectivity index (χ3v) is 4.08. The van der Waals surface area contributed by atoms with Gasteiger partial charge in [-0.2, -0.15) is 0 Å². The predicted octanol–water partition coefficient (Wildman–Crippen LogP) is 4.87. The average Bonchev–Trinajstić information content (AvgIpc) is 3.00. The molecule has 3 aromatic carbocycles. The van der Waals surface area contributed by atoms with Gasteiger partial charge < -0.3 is 15.6 Å². The number of benzene rings is 3. The van der Waals surface area contributed by atoms with Crippen LogP contribution in [0.15, 0.2) is 66.7 Å². The quantitative estimate of drug-likeness (QED) is 0.364. The Morgan fingerprint density at radius 1 is 0.846 bits per heavy atom. The molecule has 0 aliphatic rings. The van der Waals surface area contributed by atoms with Crippen molar-refractivity contribution in [1.82, 2.24) is 4.98 Å². The van der Waals surface area contributed by atoms with Crippen molar-refractivity contribution < 1.29 is 9.72 Å². The summed E-state index contributed by atoms with van der Waals surface area (Å²) in [5, 5.41) is 18.2. The van der Waals surface area contributed by atoms with Crippen LogP contribution in [-0.4, -0.2) is 15.9 Å². The summed E-state index contributed by atoms with van der Waals surface area (Å²) in [7, 11) is 0. The lowest BCUT2D eigenvalue weighted by atomic mass is 10.1. The van der Waals surface area contributed by atoms with E-state index in [9.17, 15) is 14.9 Å². The highest BCUT2D eigenvalue weighted by Crippen LogP contribution is 2.27. The van der Waals surface area contributed by atoms with Crippen molar-refractivity contribution in [3.8, 4) is 0 Å². The maximum absolute atomic E-state index is 12.2. The Kier molecular flexibility index (Phi) is 3.74. The lowest BCUT2D eigenvalue weighted by Gasteiger charge is -2.08. The second-order valence-electron chi connectivity index (χ2n) is 5.82. The number of carbonyl (C=O) groups excluding carboxylic acids is 1. The minimum absolute atomic E-state index is 0.0805. The predicted molar refractivity (Wildman–Crippen MR) is 102 cm³/mol. The van der Waals surface area contributed by atoms with Crippen molar-refractivity contribution >= 4 is 44.9 Å². The van der Waals surface area contributed by atoms with Gasteiger partial charge in [0.15, 0.2) is 0 Å². The summed E-state index contributed by atoms with van der Waals surface area (Å²) in [5.74, 6) is 0. The summed E-state index contributed by atoms with van der Waals surface area (Å²) < 4.78 is 0. The molecule has 0 saturated carbocycles. The van der Waals surface area contributed by atoms with E-state index < -0.39 is 11.0 Å². The van der Waals surface area contributed by atoms with Crippen LogP contribution in [0.3, 0.4) is 0 Å². The molecule has 1 heterocycles. The van der Waals surface area contributed by atoms with E-state index in [0.717, 1.165) is 21.8 Å². The first-order valence-electron chi connectivity index (χ1n) is 7.93. The third-order valence-electron chi connectivity index (χ3n) is 4.08. The van der Waals surface area contributed by atoms with Crippen molar-refractivity contribution in [2.45, 2.75) is 0 Å². The number of non-ortho nitro benzene ring substituents is 1. The SMILES string of the molecule is O=C(Nc1cccc([N+](=O)[O-])c1)Nc1ccc2[nH]c3ccccc3c2c1. The van der Waals surface area contributed by atoms with Crippen LogP contribution in [0.25, 0.3) is 21.8 Å². The second kappa shape index (κ2) is 6.21. The van der Waals surface area contributed by atoms with Gasteiger partial charge in [0.05, 0.1) is 4.92 Å². The molecule has 2 amide bonds. The fourth-order valence-corrected chi connectivity index (χ4v) is 2.92. The lowest BCUT2D eigenvalue weighted by molar-refractivity contribution is -0.384. The van der Waals surface area contributed by atoms with Crippen molar-refractivity contribution in [3.63, 3.8) is 0 Å². The summed E-state index contributed by atoms with van der Waals surface area (Å²) in [4.78, 5) is 25.8. The van der Waals surface area contributed by atoms with Gasteiger partial charge in [-0.1, -0.05) is 24.3 Å². The van der Waals surface area contributed by atoms with E-state index in [1.807, 2.05) is 36.4 Å². The van der Waals surface area contributed by atoms with Crippen LogP contribution >= 0.6 is 0 Å². The molecule has 7 heteroatoms.